The Kier molecular flexibility index (Phi) is 4.94. The van der Waals surface area contributed by atoms with Gasteiger partial charge in [0.1, 0.15) is 5.01 Å². The SMILES string of the molecule is Cc1csc(CNC(=O)C2CC3CCC2N3C(=O)C2CCC(F)(F)CC2)n1. The minimum Gasteiger partial charge on any atom is -0.349 e. The molecule has 2 aliphatic heterocycles. The molecule has 5 nitrogen and oxygen atoms in total. The van der Waals surface area contributed by atoms with Crippen LogP contribution >= 0.6 is 11.3 Å². The van der Waals surface area contributed by atoms with E-state index >= 15 is 0 Å². The van der Waals surface area contributed by atoms with Gasteiger partial charge in [0.25, 0.3) is 0 Å². The number of carbonyl (C=O) groups is 2. The summed E-state index contributed by atoms with van der Waals surface area (Å²) in [6.07, 6.45) is 2.52. The highest BCUT2D eigenvalue weighted by Gasteiger charge is 2.52. The van der Waals surface area contributed by atoms with E-state index in [4.69, 9.17) is 0 Å². The molecule has 27 heavy (non-hydrogen) atoms. The molecule has 3 atom stereocenters. The molecule has 3 unspecified atom stereocenters. The third-order valence-electron chi connectivity index (χ3n) is 6.27. The number of carbonyl (C=O) groups excluding carboxylic acids is 2. The Bertz CT molecular complexity index is 728. The van der Waals surface area contributed by atoms with Gasteiger partial charge in [-0.15, -0.1) is 11.3 Å². The lowest BCUT2D eigenvalue weighted by molar-refractivity contribution is -0.141. The second-order valence-electron chi connectivity index (χ2n) is 8.12. The molecule has 4 rings (SSSR count). The van der Waals surface area contributed by atoms with E-state index in [-0.39, 0.29) is 61.4 Å². The van der Waals surface area contributed by atoms with Gasteiger partial charge in [-0.25, -0.2) is 13.8 Å². The Morgan fingerprint density at radius 1 is 1.30 bits per heavy atom. The quantitative estimate of drug-likeness (QED) is 0.848. The fraction of sp³-hybridized carbons (Fsp3) is 0.737. The minimum absolute atomic E-state index is 0.0103. The second kappa shape index (κ2) is 7.11. The number of nitrogens with one attached hydrogen (secondary N) is 1. The van der Waals surface area contributed by atoms with Gasteiger partial charge in [0, 0.05) is 41.9 Å². The van der Waals surface area contributed by atoms with Crippen LogP contribution in [0.25, 0.3) is 0 Å². The number of nitrogens with zero attached hydrogens (tertiary/aromatic N) is 2. The van der Waals surface area contributed by atoms with Crippen molar-refractivity contribution < 1.29 is 18.4 Å². The van der Waals surface area contributed by atoms with Crippen molar-refractivity contribution in [2.24, 2.45) is 11.8 Å². The van der Waals surface area contributed by atoms with E-state index in [2.05, 4.69) is 10.3 Å². The summed E-state index contributed by atoms with van der Waals surface area (Å²) in [6, 6.07) is 0.00533. The highest BCUT2D eigenvalue weighted by Crippen LogP contribution is 2.45. The summed E-state index contributed by atoms with van der Waals surface area (Å²) < 4.78 is 26.8. The minimum atomic E-state index is -2.63. The molecule has 2 saturated heterocycles. The molecule has 3 heterocycles. The molecule has 3 fully saturated rings. The van der Waals surface area contributed by atoms with Crippen molar-refractivity contribution in [1.29, 1.82) is 0 Å². The van der Waals surface area contributed by atoms with Crippen LogP contribution in [0.3, 0.4) is 0 Å². The summed E-state index contributed by atoms with van der Waals surface area (Å²) >= 11 is 1.52. The number of amides is 2. The molecule has 8 heteroatoms. The van der Waals surface area contributed by atoms with Crippen LogP contribution in [0.15, 0.2) is 5.38 Å². The van der Waals surface area contributed by atoms with Crippen molar-refractivity contribution in [2.75, 3.05) is 0 Å². The highest BCUT2D eigenvalue weighted by atomic mass is 32.1. The van der Waals surface area contributed by atoms with Crippen molar-refractivity contribution >= 4 is 23.2 Å². The van der Waals surface area contributed by atoms with E-state index < -0.39 is 5.92 Å². The molecule has 2 bridgehead atoms. The molecule has 2 amide bonds. The number of alkyl halides is 2. The van der Waals surface area contributed by atoms with E-state index in [0.29, 0.717) is 13.0 Å². The summed E-state index contributed by atoms with van der Waals surface area (Å²) in [4.78, 5) is 31.9. The van der Waals surface area contributed by atoms with Crippen LogP contribution in [0.4, 0.5) is 8.78 Å². The zero-order valence-corrected chi connectivity index (χ0v) is 16.2. The molecule has 1 aromatic rings. The van der Waals surface area contributed by atoms with Crippen LogP contribution in [0.1, 0.15) is 55.6 Å². The maximum absolute atomic E-state index is 13.4. The van der Waals surface area contributed by atoms with Crippen LogP contribution in [-0.2, 0) is 16.1 Å². The van der Waals surface area contributed by atoms with Gasteiger partial charge < -0.3 is 10.2 Å². The van der Waals surface area contributed by atoms with Crippen LogP contribution in [0, 0.1) is 18.8 Å². The van der Waals surface area contributed by atoms with Gasteiger partial charge >= 0.3 is 0 Å². The van der Waals surface area contributed by atoms with E-state index in [9.17, 15) is 18.4 Å². The smallest absolute Gasteiger partial charge is 0.248 e. The fourth-order valence-corrected chi connectivity index (χ4v) is 5.60. The number of hydrogen-bond donors (Lipinski definition) is 1. The van der Waals surface area contributed by atoms with E-state index in [1.807, 2.05) is 17.2 Å². The lowest BCUT2D eigenvalue weighted by atomic mass is 9.85. The molecule has 148 valence electrons. The molecule has 1 aliphatic carbocycles. The van der Waals surface area contributed by atoms with E-state index in [1.165, 1.54) is 11.3 Å². The number of hydrogen-bond acceptors (Lipinski definition) is 4. The van der Waals surface area contributed by atoms with Crippen molar-refractivity contribution in [1.82, 2.24) is 15.2 Å². The summed E-state index contributed by atoms with van der Waals surface area (Å²) in [5, 5.41) is 5.79. The van der Waals surface area contributed by atoms with Crippen molar-refractivity contribution in [3.63, 3.8) is 0 Å². The maximum Gasteiger partial charge on any atom is 0.248 e. The predicted octanol–water partition coefficient (Wildman–Crippen LogP) is 3.27. The Hall–Kier alpha value is -1.57. The maximum atomic E-state index is 13.4. The number of aryl methyl sites for hydroxylation is 1. The van der Waals surface area contributed by atoms with Crippen LogP contribution in [0.2, 0.25) is 0 Å². The lowest BCUT2D eigenvalue weighted by Crippen LogP contribution is -2.44. The number of aromatic nitrogens is 1. The Morgan fingerprint density at radius 2 is 2.04 bits per heavy atom. The number of thiazole rings is 1. The molecule has 1 N–H and O–H groups in total. The molecule has 0 spiro atoms. The van der Waals surface area contributed by atoms with Crippen LogP contribution in [-0.4, -0.2) is 39.7 Å². The zero-order chi connectivity index (χ0) is 19.2. The molecule has 1 saturated carbocycles. The number of halogens is 2. The average molecular weight is 397 g/mol. The highest BCUT2D eigenvalue weighted by molar-refractivity contribution is 7.09. The summed E-state index contributed by atoms with van der Waals surface area (Å²) in [7, 11) is 0. The lowest BCUT2D eigenvalue weighted by Gasteiger charge is -2.32. The summed E-state index contributed by atoms with van der Waals surface area (Å²) in [5.74, 6) is -3.17. The molecule has 0 aromatic carbocycles. The van der Waals surface area contributed by atoms with E-state index in [0.717, 1.165) is 23.5 Å². The summed E-state index contributed by atoms with van der Waals surface area (Å²) in [5.41, 5.74) is 0.944. The van der Waals surface area contributed by atoms with Crippen molar-refractivity contribution in [2.45, 2.75) is 76.4 Å². The molecule has 3 aliphatic rings. The number of rotatable bonds is 4. The predicted molar refractivity (Wildman–Crippen MR) is 97.4 cm³/mol. The molecular formula is C19H25F2N3O2S. The third-order valence-corrected chi connectivity index (χ3v) is 7.24. The first-order valence-corrected chi connectivity index (χ1v) is 10.6. The zero-order valence-electron chi connectivity index (χ0n) is 15.4. The first-order chi connectivity index (χ1) is 12.8. The Balaban J connectivity index is 1.36. The standard InChI is InChI=1S/C19H25F2N3O2S/c1-11-10-27-16(23-11)9-22-17(25)14-8-13-2-3-15(14)24(13)18(26)12-4-6-19(20,21)7-5-12/h10,12-15H,2-9H2,1H3,(H,22,25). The topological polar surface area (TPSA) is 62.3 Å². The largest absolute Gasteiger partial charge is 0.349 e. The van der Waals surface area contributed by atoms with Crippen molar-refractivity contribution in [3.8, 4) is 0 Å². The summed E-state index contributed by atoms with van der Waals surface area (Å²) in [6.45, 7) is 2.33. The van der Waals surface area contributed by atoms with Gasteiger partial charge in [-0.3, -0.25) is 9.59 Å². The van der Waals surface area contributed by atoms with Crippen molar-refractivity contribution in [3.05, 3.63) is 16.1 Å². The Labute approximate surface area is 161 Å². The molecule has 1 aromatic heterocycles. The molecular weight excluding hydrogens is 372 g/mol. The fourth-order valence-electron chi connectivity index (χ4n) is 4.89. The average Bonchev–Trinajstić information content (AvgIpc) is 3.33. The normalized spacial score (nSPS) is 29.9. The van der Waals surface area contributed by atoms with Gasteiger partial charge in [-0.05, 0) is 39.0 Å². The first-order valence-electron chi connectivity index (χ1n) is 9.73. The Morgan fingerprint density at radius 3 is 2.70 bits per heavy atom. The van der Waals surface area contributed by atoms with Gasteiger partial charge in [0.05, 0.1) is 12.5 Å². The number of fused-ring (bicyclic) bond motifs is 2. The van der Waals surface area contributed by atoms with Crippen LogP contribution in [0.5, 0.6) is 0 Å². The van der Waals surface area contributed by atoms with Gasteiger partial charge in [-0.1, -0.05) is 0 Å². The molecule has 0 radical (unpaired) electrons. The third kappa shape index (κ3) is 3.73. The van der Waals surface area contributed by atoms with E-state index in [1.54, 1.807) is 0 Å². The van der Waals surface area contributed by atoms with Crippen LogP contribution < -0.4 is 5.32 Å². The van der Waals surface area contributed by atoms with Gasteiger partial charge in [0.15, 0.2) is 0 Å². The monoisotopic (exact) mass is 397 g/mol. The second-order valence-corrected chi connectivity index (χ2v) is 9.06. The van der Waals surface area contributed by atoms with Gasteiger partial charge in [-0.2, -0.15) is 0 Å². The van der Waals surface area contributed by atoms with Gasteiger partial charge in [0.2, 0.25) is 17.7 Å². The first kappa shape index (κ1) is 18.8.